The summed E-state index contributed by atoms with van der Waals surface area (Å²) in [7, 11) is 0. The summed E-state index contributed by atoms with van der Waals surface area (Å²) in [5.74, 6) is -0.952. The number of aromatic nitrogens is 1. The van der Waals surface area contributed by atoms with E-state index in [0.29, 0.717) is 13.2 Å². The highest BCUT2D eigenvalue weighted by Gasteiger charge is 2.03. The number of benzene rings is 1. The number of thiazole rings is 1. The monoisotopic (exact) mass is 303 g/mol. The van der Waals surface area contributed by atoms with Gasteiger partial charge in [-0.1, -0.05) is 24.3 Å². The van der Waals surface area contributed by atoms with Gasteiger partial charge in [0.05, 0.1) is 24.4 Å². The summed E-state index contributed by atoms with van der Waals surface area (Å²) in [4.78, 5) is 16.0. The minimum atomic E-state index is -0.952. The molecular formula is C16H17NO3S. The number of hydrogen-bond acceptors (Lipinski definition) is 4. The van der Waals surface area contributed by atoms with Crippen LogP contribution in [0.2, 0.25) is 0 Å². The third kappa shape index (κ3) is 4.81. The molecule has 0 amide bonds. The Balaban J connectivity index is 1.88. The summed E-state index contributed by atoms with van der Waals surface area (Å²) >= 11 is 1.64. The minimum Gasteiger partial charge on any atom is -0.478 e. The molecule has 0 bridgehead atoms. The van der Waals surface area contributed by atoms with Gasteiger partial charge in [-0.05, 0) is 24.1 Å². The average Bonchev–Trinajstić information content (AvgIpc) is 2.88. The van der Waals surface area contributed by atoms with Crippen LogP contribution in [0, 0.1) is 6.92 Å². The van der Waals surface area contributed by atoms with Gasteiger partial charge in [0.2, 0.25) is 0 Å². The lowest BCUT2D eigenvalue weighted by atomic mass is 10.1. The van der Waals surface area contributed by atoms with Crippen molar-refractivity contribution in [2.75, 3.05) is 6.61 Å². The number of ether oxygens (including phenoxy) is 1. The van der Waals surface area contributed by atoms with E-state index in [1.807, 2.05) is 36.7 Å². The van der Waals surface area contributed by atoms with E-state index in [9.17, 15) is 4.79 Å². The smallest absolute Gasteiger partial charge is 0.328 e. The molecule has 0 unspecified atom stereocenters. The SMILES string of the molecule is Cc1ncsc1CCOCc1ccccc1C=CC(=O)O. The molecule has 110 valence electrons. The number of rotatable bonds is 7. The number of carboxylic acids is 1. The molecule has 0 radical (unpaired) electrons. The lowest BCUT2D eigenvalue weighted by molar-refractivity contribution is -0.131. The Morgan fingerprint density at radius 2 is 2.24 bits per heavy atom. The number of hydrogen-bond donors (Lipinski definition) is 1. The van der Waals surface area contributed by atoms with Crippen LogP contribution < -0.4 is 0 Å². The Kier molecular flexibility index (Phi) is 5.66. The first-order valence-electron chi connectivity index (χ1n) is 6.62. The summed E-state index contributed by atoms with van der Waals surface area (Å²) in [5, 5.41) is 8.69. The third-order valence-corrected chi connectivity index (χ3v) is 4.03. The maximum Gasteiger partial charge on any atom is 0.328 e. The zero-order chi connectivity index (χ0) is 15.1. The van der Waals surface area contributed by atoms with Crippen LogP contribution in [-0.2, 0) is 22.6 Å². The molecule has 0 aliphatic heterocycles. The molecule has 2 rings (SSSR count). The van der Waals surface area contributed by atoms with Crippen molar-refractivity contribution in [1.29, 1.82) is 0 Å². The van der Waals surface area contributed by atoms with Gasteiger partial charge in [0, 0.05) is 17.4 Å². The third-order valence-electron chi connectivity index (χ3n) is 3.04. The molecule has 0 aliphatic rings. The van der Waals surface area contributed by atoms with E-state index in [1.54, 1.807) is 17.4 Å². The van der Waals surface area contributed by atoms with Gasteiger partial charge in [-0.25, -0.2) is 9.78 Å². The maximum absolute atomic E-state index is 10.6. The molecule has 1 N–H and O–H groups in total. The van der Waals surface area contributed by atoms with Crippen LogP contribution in [0.4, 0.5) is 0 Å². The largest absolute Gasteiger partial charge is 0.478 e. The molecule has 5 heteroatoms. The Morgan fingerprint density at radius 3 is 2.95 bits per heavy atom. The molecule has 1 heterocycles. The Hall–Kier alpha value is -1.98. The fourth-order valence-electron chi connectivity index (χ4n) is 1.90. The molecule has 21 heavy (non-hydrogen) atoms. The van der Waals surface area contributed by atoms with Crippen molar-refractivity contribution in [3.8, 4) is 0 Å². The molecule has 0 atom stereocenters. The normalized spacial score (nSPS) is 11.1. The lowest BCUT2D eigenvalue weighted by Gasteiger charge is -2.07. The van der Waals surface area contributed by atoms with E-state index >= 15 is 0 Å². The second kappa shape index (κ2) is 7.71. The van der Waals surface area contributed by atoms with Crippen molar-refractivity contribution in [2.24, 2.45) is 0 Å². The molecule has 0 saturated carbocycles. The maximum atomic E-state index is 10.6. The molecule has 0 aliphatic carbocycles. The molecular weight excluding hydrogens is 286 g/mol. The Morgan fingerprint density at radius 1 is 1.43 bits per heavy atom. The van der Waals surface area contributed by atoms with Gasteiger partial charge in [0.15, 0.2) is 0 Å². The topological polar surface area (TPSA) is 59.4 Å². The van der Waals surface area contributed by atoms with E-state index in [-0.39, 0.29) is 0 Å². The zero-order valence-electron chi connectivity index (χ0n) is 11.8. The highest BCUT2D eigenvalue weighted by molar-refractivity contribution is 7.09. The van der Waals surface area contributed by atoms with Gasteiger partial charge < -0.3 is 9.84 Å². The summed E-state index contributed by atoms with van der Waals surface area (Å²) in [6.45, 7) is 3.09. The van der Waals surface area contributed by atoms with Crippen molar-refractivity contribution in [2.45, 2.75) is 20.0 Å². The van der Waals surface area contributed by atoms with E-state index in [0.717, 1.165) is 29.3 Å². The number of aliphatic carboxylic acids is 1. The number of carbonyl (C=O) groups is 1. The zero-order valence-corrected chi connectivity index (χ0v) is 12.6. The molecule has 0 saturated heterocycles. The van der Waals surface area contributed by atoms with Crippen molar-refractivity contribution in [3.63, 3.8) is 0 Å². The highest BCUT2D eigenvalue weighted by atomic mass is 32.1. The van der Waals surface area contributed by atoms with E-state index in [1.165, 1.54) is 4.88 Å². The standard InChI is InChI=1S/C16H17NO3S/c1-12-15(21-11-17-12)8-9-20-10-14-5-3-2-4-13(14)6-7-16(18)19/h2-7,11H,8-10H2,1H3,(H,18,19). The first-order valence-corrected chi connectivity index (χ1v) is 7.50. The van der Waals surface area contributed by atoms with Crippen LogP contribution >= 0.6 is 11.3 Å². The molecule has 1 aromatic heterocycles. The van der Waals surface area contributed by atoms with Crippen molar-refractivity contribution < 1.29 is 14.6 Å². The number of carboxylic acid groups (broad SMARTS) is 1. The van der Waals surface area contributed by atoms with Crippen molar-refractivity contribution >= 4 is 23.4 Å². The van der Waals surface area contributed by atoms with E-state index in [4.69, 9.17) is 9.84 Å². The van der Waals surface area contributed by atoms with Crippen LogP contribution in [0.25, 0.3) is 6.08 Å². The van der Waals surface area contributed by atoms with Crippen molar-refractivity contribution in [1.82, 2.24) is 4.98 Å². The van der Waals surface area contributed by atoms with Gasteiger partial charge in [-0.3, -0.25) is 0 Å². The molecule has 1 aromatic carbocycles. The summed E-state index contributed by atoms with van der Waals surface area (Å²) < 4.78 is 5.69. The summed E-state index contributed by atoms with van der Waals surface area (Å²) in [5.41, 5.74) is 4.76. The number of nitrogens with zero attached hydrogens (tertiary/aromatic N) is 1. The summed E-state index contributed by atoms with van der Waals surface area (Å²) in [6.07, 6.45) is 3.58. The molecule has 0 spiro atoms. The predicted molar refractivity (Wildman–Crippen MR) is 83.3 cm³/mol. The summed E-state index contributed by atoms with van der Waals surface area (Å²) in [6, 6.07) is 7.63. The fourth-order valence-corrected chi connectivity index (χ4v) is 2.66. The van der Waals surface area contributed by atoms with Crippen LogP contribution in [0.3, 0.4) is 0 Å². The highest BCUT2D eigenvalue weighted by Crippen LogP contribution is 2.15. The van der Waals surface area contributed by atoms with Crippen LogP contribution in [0.15, 0.2) is 35.9 Å². The van der Waals surface area contributed by atoms with Gasteiger partial charge in [0.1, 0.15) is 0 Å². The molecule has 0 fully saturated rings. The second-order valence-corrected chi connectivity index (χ2v) is 5.47. The fraction of sp³-hybridized carbons (Fsp3) is 0.250. The predicted octanol–water partition coefficient (Wildman–Crippen LogP) is 3.31. The first kappa shape index (κ1) is 15.4. The minimum absolute atomic E-state index is 0.470. The average molecular weight is 303 g/mol. The van der Waals surface area contributed by atoms with Crippen LogP contribution in [-0.4, -0.2) is 22.7 Å². The lowest BCUT2D eigenvalue weighted by Crippen LogP contribution is -2.00. The molecule has 4 nitrogen and oxygen atoms in total. The van der Waals surface area contributed by atoms with Gasteiger partial charge >= 0.3 is 5.97 Å². The van der Waals surface area contributed by atoms with Gasteiger partial charge in [0.25, 0.3) is 0 Å². The Bertz CT molecular complexity index is 634. The van der Waals surface area contributed by atoms with Crippen LogP contribution in [0.5, 0.6) is 0 Å². The van der Waals surface area contributed by atoms with Gasteiger partial charge in [-0.15, -0.1) is 11.3 Å². The quantitative estimate of drug-likeness (QED) is 0.630. The second-order valence-electron chi connectivity index (χ2n) is 4.53. The van der Waals surface area contributed by atoms with Crippen LogP contribution in [0.1, 0.15) is 21.7 Å². The molecule has 2 aromatic rings. The van der Waals surface area contributed by atoms with Gasteiger partial charge in [-0.2, -0.15) is 0 Å². The Labute approximate surface area is 127 Å². The number of aryl methyl sites for hydroxylation is 1. The first-order chi connectivity index (χ1) is 10.2. The van der Waals surface area contributed by atoms with Crippen molar-refractivity contribution in [3.05, 3.63) is 57.6 Å². The van der Waals surface area contributed by atoms with E-state index < -0.39 is 5.97 Å². The van der Waals surface area contributed by atoms with E-state index in [2.05, 4.69) is 4.98 Å².